The molecule has 0 atom stereocenters. The van der Waals surface area contributed by atoms with Gasteiger partial charge in [0.25, 0.3) is 0 Å². The third kappa shape index (κ3) is 9.90. The molecule has 1 fully saturated rings. The molecule has 0 aliphatic carbocycles. The first-order valence-corrected chi connectivity index (χ1v) is 7.11. The minimum atomic E-state index is -0.303. The van der Waals surface area contributed by atoms with Gasteiger partial charge >= 0.3 is 0 Å². The zero-order valence-corrected chi connectivity index (χ0v) is 14.2. The molecule has 8 heteroatoms. The summed E-state index contributed by atoms with van der Waals surface area (Å²) in [5.41, 5.74) is 5.14. The number of nitrogens with two attached hydrogens (primary N) is 1. The largest absolute Gasteiger partial charge is 0.354 e. The maximum Gasteiger partial charge on any atom is 0.239 e. The highest BCUT2D eigenvalue weighted by atomic mass is 35.5. The molecule has 0 spiro atoms. The lowest BCUT2D eigenvalue weighted by Crippen LogP contribution is -2.43. The van der Waals surface area contributed by atoms with E-state index >= 15 is 0 Å². The van der Waals surface area contributed by atoms with Gasteiger partial charge in [0.2, 0.25) is 11.8 Å². The summed E-state index contributed by atoms with van der Waals surface area (Å²) >= 11 is 0. The van der Waals surface area contributed by atoms with Crippen LogP contribution < -0.4 is 16.4 Å². The summed E-state index contributed by atoms with van der Waals surface area (Å²) in [5, 5.41) is 5.33. The van der Waals surface area contributed by atoms with E-state index in [2.05, 4.69) is 22.5 Å². The molecule has 1 rings (SSSR count). The van der Waals surface area contributed by atoms with Gasteiger partial charge in [0.15, 0.2) is 0 Å². The number of nitrogens with zero attached hydrogens (tertiary/aromatic N) is 1. The quantitative estimate of drug-likeness (QED) is 0.614. The van der Waals surface area contributed by atoms with Crippen molar-refractivity contribution >= 4 is 36.6 Å². The van der Waals surface area contributed by atoms with Crippen LogP contribution in [-0.2, 0) is 9.59 Å². The van der Waals surface area contributed by atoms with Crippen molar-refractivity contribution in [3.05, 3.63) is 0 Å². The normalized spacial score (nSPS) is 15.5. The predicted molar refractivity (Wildman–Crippen MR) is 89.0 cm³/mol. The first-order chi connectivity index (χ1) is 9.15. The van der Waals surface area contributed by atoms with Crippen molar-refractivity contribution in [3.63, 3.8) is 0 Å². The van der Waals surface area contributed by atoms with Crippen molar-refractivity contribution in [3.8, 4) is 0 Å². The molecule has 21 heavy (non-hydrogen) atoms. The number of nitrogens with one attached hydrogen (secondary N) is 2. The molecular formula is C13H28Cl2N4O2. The van der Waals surface area contributed by atoms with Crippen LogP contribution in [0.3, 0.4) is 0 Å². The molecule has 0 aromatic heterocycles. The summed E-state index contributed by atoms with van der Waals surface area (Å²) in [7, 11) is 0. The molecule has 0 unspecified atom stereocenters. The fourth-order valence-electron chi connectivity index (χ4n) is 2.30. The van der Waals surface area contributed by atoms with Gasteiger partial charge in [-0.15, -0.1) is 24.8 Å². The van der Waals surface area contributed by atoms with E-state index in [0.717, 1.165) is 25.9 Å². The van der Waals surface area contributed by atoms with E-state index in [1.54, 1.807) is 0 Å². The molecular weight excluding hydrogens is 315 g/mol. The topological polar surface area (TPSA) is 87.5 Å². The number of carbonyl (C=O) groups excluding carboxylic acids is 2. The van der Waals surface area contributed by atoms with E-state index in [0.29, 0.717) is 12.5 Å². The summed E-state index contributed by atoms with van der Waals surface area (Å²) in [6.07, 6.45) is 3.47. The lowest BCUT2D eigenvalue weighted by Gasteiger charge is -2.31. The maximum absolute atomic E-state index is 11.5. The van der Waals surface area contributed by atoms with Crippen LogP contribution in [0.1, 0.15) is 26.2 Å². The molecule has 6 nitrogen and oxygen atoms in total. The fourth-order valence-corrected chi connectivity index (χ4v) is 2.30. The molecule has 4 N–H and O–H groups in total. The van der Waals surface area contributed by atoms with E-state index in [1.165, 1.54) is 13.0 Å². The molecule has 1 heterocycles. The SMILES string of the molecule is CCCN1CCC(CNC(=O)CNC(=O)CN)CC1.Cl.Cl. The number of likely N-dealkylation sites (tertiary alicyclic amines) is 1. The summed E-state index contributed by atoms with van der Waals surface area (Å²) < 4.78 is 0. The van der Waals surface area contributed by atoms with Gasteiger partial charge in [-0.05, 0) is 44.8 Å². The molecule has 126 valence electrons. The van der Waals surface area contributed by atoms with Crippen molar-refractivity contribution in [1.29, 1.82) is 0 Å². The van der Waals surface area contributed by atoms with Crippen molar-refractivity contribution < 1.29 is 9.59 Å². The van der Waals surface area contributed by atoms with Gasteiger partial charge in [0.1, 0.15) is 0 Å². The Kier molecular flexibility index (Phi) is 14.2. The van der Waals surface area contributed by atoms with E-state index in [1.807, 2.05) is 0 Å². The minimum absolute atomic E-state index is 0. The zero-order chi connectivity index (χ0) is 14.1. The Hall–Kier alpha value is -0.560. The molecule has 1 aliphatic rings. The van der Waals surface area contributed by atoms with Crippen LogP contribution in [0, 0.1) is 5.92 Å². The molecule has 0 saturated carbocycles. The molecule has 0 radical (unpaired) electrons. The number of hydrogen-bond donors (Lipinski definition) is 3. The smallest absolute Gasteiger partial charge is 0.239 e. The predicted octanol–water partition coefficient (Wildman–Crippen LogP) is 0.143. The van der Waals surface area contributed by atoms with Crippen LogP contribution in [-0.4, -0.2) is 56.0 Å². The van der Waals surface area contributed by atoms with Crippen LogP contribution in [0.15, 0.2) is 0 Å². The first-order valence-electron chi connectivity index (χ1n) is 7.11. The summed E-state index contributed by atoms with van der Waals surface area (Å²) in [4.78, 5) is 24.9. The van der Waals surface area contributed by atoms with Gasteiger partial charge in [0, 0.05) is 6.54 Å². The van der Waals surface area contributed by atoms with Gasteiger partial charge in [-0.1, -0.05) is 6.92 Å². The van der Waals surface area contributed by atoms with E-state index < -0.39 is 0 Å². The fraction of sp³-hybridized carbons (Fsp3) is 0.846. The Morgan fingerprint density at radius 1 is 1.14 bits per heavy atom. The highest BCUT2D eigenvalue weighted by molar-refractivity contribution is 5.86. The van der Waals surface area contributed by atoms with Gasteiger partial charge in [-0.25, -0.2) is 0 Å². The van der Waals surface area contributed by atoms with Gasteiger partial charge in [0.05, 0.1) is 13.1 Å². The molecule has 0 aromatic carbocycles. The number of halogens is 2. The molecule has 2 amide bonds. The van der Waals surface area contributed by atoms with E-state index in [4.69, 9.17) is 5.73 Å². The third-order valence-corrected chi connectivity index (χ3v) is 3.47. The molecule has 1 saturated heterocycles. The van der Waals surface area contributed by atoms with Gasteiger partial charge < -0.3 is 21.3 Å². The highest BCUT2D eigenvalue weighted by Gasteiger charge is 2.18. The van der Waals surface area contributed by atoms with Crippen molar-refractivity contribution in [2.45, 2.75) is 26.2 Å². The van der Waals surface area contributed by atoms with Crippen LogP contribution >= 0.6 is 24.8 Å². The van der Waals surface area contributed by atoms with E-state index in [-0.39, 0.29) is 49.7 Å². The lowest BCUT2D eigenvalue weighted by molar-refractivity contribution is -0.125. The van der Waals surface area contributed by atoms with Crippen LogP contribution in [0.25, 0.3) is 0 Å². The van der Waals surface area contributed by atoms with Crippen molar-refractivity contribution in [1.82, 2.24) is 15.5 Å². The number of carbonyl (C=O) groups is 2. The lowest BCUT2D eigenvalue weighted by atomic mass is 9.96. The Bertz CT molecular complexity index is 298. The molecule has 1 aliphatic heterocycles. The van der Waals surface area contributed by atoms with Crippen LogP contribution in [0.2, 0.25) is 0 Å². The number of amides is 2. The zero-order valence-electron chi connectivity index (χ0n) is 12.6. The number of rotatable bonds is 7. The maximum atomic E-state index is 11.5. The summed E-state index contributed by atoms with van der Waals surface area (Å²) in [6, 6.07) is 0. The van der Waals surface area contributed by atoms with E-state index in [9.17, 15) is 9.59 Å². The molecule has 0 bridgehead atoms. The number of piperidine rings is 1. The monoisotopic (exact) mass is 342 g/mol. The Labute approximate surface area is 139 Å². The van der Waals surface area contributed by atoms with Gasteiger partial charge in [-0.2, -0.15) is 0 Å². The average molecular weight is 343 g/mol. The van der Waals surface area contributed by atoms with Crippen molar-refractivity contribution in [2.24, 2.45) is 11.7 Å². The second-order valence-electron chi connectivity index (χ2n) is 5.07. The first kappa shape index (κ1) is 22.7. The Morgan fingerprint density at radius 2 is 1.76 bits per heavy atom. The second kappa shape index (κ2) is 13.1. The Morgan fingerprint density at radius 3 is 2.29 bits per heavy atom. The summed E-state index contributed by atoms with van der Waals surface area (Å²) in [6.45, 7) is 6.26. The standard InChI is InChI=1S/C13H26N4O2.2ClH/c1-2-5-17-6-3-11(4-7-17)9-15-13(19)10-16-12(18)8-14;;/h11H,2-10,14H2,1H3,(H,15,19)(H,16,18);2*1H. The van der Waals surface area contributed by atoms with Gasteiger partial charge in [-0.3, -0.25) is 9.59 Å². The van der Waals surface area contributed by atoms with Crippen LogP contribution in [0.4, 0.5) is 0 Å². The molecule has 0 aromatic rings. The van der Waals surface area contributed by atoms with Crippen molar-refractivity contribution in [2.75, 3.05) is 39.3 Å². The highest BCUT2D eigenvalue weighted by Crippen LogP contribution is 2.16. The third-order valence-electron chi connectivity index (χ3n) is 3.47. The minimum Gasteiger partial charge on any atom is -0.354 e. The average Bonchev–Trinajstić information content (AvgIpc) is 2.44. The summed E-state index contributed by atoms with van der Waals surface area (Å²) in [5.74, 6) is 0.114. The number of hydrogen-bond acceptors (Lipinski definition) is 4. The Balaban J connectivity index is 0. The second-order valence-corrected chi connectivity index (χ2v) is 5.07. The van der Waals surface area contributed by atoms with Crippen LogP contribution in [0.5, 0.6) is 0 Å².